The fourth-order valence-corrected chi connectivity index (χ4v) is 4.39. The summed E-state index contributed by atoms with van der Waals surface area (Å²) in [5.41, 5.74) is 1.81. The molecule has 2 rings (SSSR count). The fourth-order valence-electron chi connectivity index (χ4n) is 2.24. The summed E-state index contributed by atoms with van der Waals surface area (Å²) in [6.45, 7) is 8.83. The van der Waals surface area contributed by atoms with Gasteiger partial charge in [-0.2, -0.15) is 0 Å². The van der Waals surface area contributed by atoms with E-state index < -0.39 is 0 Å². The monoisotopic (exact) mass is 239 g/mol. The Labute approximate surface area is 102 Å². The van der Waals surface area contributed by atoms with Gasteiger partial charge in [0.2, 0.25) is 0 Å². The van der Waals surface area contributed by atoms with Crippen LogP contribution in [0.3, 0.4) is 0 Å². The highest BCUT2D eigenvalue weighted by atomic mass is 32.2. The summed E-state index contributed by atoms with van der Waals surface area (Å²) >= 11 is 0. The molecule has 2 heteroatoms. The second-order valence-electron chi connectivity index (χ2n) is 5.60. The molecule has 1 nitrogen and oxygen atoms in total. The molecule has 16 heavy (non-hydrogen) atoms. The van der Waals surface area contributed by atoms with Gasteiger partial charge in [-0.1, -0.05) is 32.9 Å². The van der Waals surface area contributed by atoms with E-state index in [1.165, 1.54) is 23.5 Å². The van der Waals surface area contributed by atoms with Crippen LogP contribution >= 0.6 is 0 Å². The molecule has 1 heterocycles. The second-order valence-corrected chi connectivity index (χ2v) is 8.10. The molecular formula is C14H23OS+. The lowest BCUT2D eigenvalue weighted by Gasteiger charge is -2.26. The minimum atomic E-state index is 0.306. The average molecular weight is 239 g/mol. The third-order valence-corrected chi connectivity index (χ3v) is 5.92. The summed E-state index contributed by atoms with van der Waals surface area (Å²) < 4.78 is 5.43. The molecule has 1 aliphatic carbocycles. The Morgan fingerprint density at radius 2 is 1.94 bits per heavy atom. The summed E-state index contributed by atoms with van der Waals surface area (Å²) in [4.78, 5) is 0. The van der Waals surface area contributed by atoms with Crippen LogP contribution in [0.5, 0.6) is 0 Å². The first-order chi connectivity index (χ1) is 7.57. The summed E-state index contributed by atoms with van der Waals surface area (Å²) in [5.74, 6) is 2.54. The van der Waals surface area contributed by atoms with Gasteiger partial charge in [0.15, 0.2) is 0 Å². The summed E-state index contributed by atoms with van der Waals surface area (Å²) in [7, 11) is 0.571. The molecule has 1 fully saturated rings. The van der Waals surface area contributed by atoms with Crippen LogP contribution in [-0.4, -0.2) is 30.0 Å². The Balaban J connectivity index is 1.94. The molecule has 2 aliphatic rings. The van der Waals surface area contributed by atoms with Crippen molar-refractivity contribution in [3.8, 4) is 0 Å². The molecule has 0 radical (unpaired) electrons. The maximum atomic E-state index is 5.43. The van der Waals surface area contributed by atoms with Crippen molar-refractivity contribution in [1.82, 2.24) is 0 Å². The van der Waals surface area contributed by atoms with Crippen molar-refractivity contribution in [2.45, 2.75) is 32.4 Å². The molecular weight excluding hydrogens is 216 g/mol. The highest BCUT2D eigenvalue weighted by Gasteiger charge is 2.32. The standard InChI is InChI=1S/C14H23OS/c1-14(2,3)12-4-6-13(7-5-12)16-10-8-15-9-11-16/h4-6,13H,7-11H2,1-3H3/q+1. The second kappa shape index (κ2) is 4.97. The maximum Gasteiger partial charge on any atom is 0.140 e. The first-order valence-electron chi connectivity index (χ1n) is 6.20. The Bertz CT molecular complexity index is 292. The van der Waals surface area contributed by atoms with Gasteiger partial charge >= 0.3 is 0 Å². The van der Waals surface area contributed by atoms with Gasteiger partial charge in [0.05, 0.1) is 13.2 Å². The van der Waals surface area contributed by atoms with Gasteiger partial charge in [-0.05, 0) is 28.0 Å². The lowest BCUT2D eigenvalue weighted by Crippen LogP contribution is -2.34. The quantitative estimate of drug-likeness (QED) is 0.639. The SMILES string of the molecule is CC(C)(C)C1=CCC([S+]2CCOCC2)C=C1. The highest BCUT2D eigenvalue weighted by molar-refractivity contribution is 7.97. The van der Waals surface area contributed by atoms with Crippen molar-refractivity contribution < 1.29 is 4.74 Å². The summed E-state index contributed by atoms with van der Waals surface area (Å²) in [6.07, 6.45) is 8.50. The van der Waals surface area contributed by atoms with E-state index in [2.05, 4.69) is 39.0 Å². The van der Waals surface area contributed by atoms with E-state index in [0.29, 0.717) is 16.3 Å². The molecule has 0 aromatic rings. The van der Waals surface area contributed by atoms with E-state index in [0.717, 1.165) is 18.5 Å². The zero-order valence-electron chi connectivity index (χ0n) is 10.7. The summed E-state index contributed by atoms with van der Waals surface area (Å²) in [6, 6.07) is 0. The Kier molecular flexibility index (Phi) is 3.81. The van der Waals surface area contributed by atoms with Gasteiger partial charge in [-0.3, -0.25) is 0 Å². The van der Waals surface area contributed by atoms with E-state index in [9.17, 15) is 0 Å². The molecule has 1 unspecified atom stereocenters. The Hall–Kier alpha value is -0.210. The normalized spacial score (nSPS) is 27.9. The molecule has 0 aromatic heterocycles. The number of allylic oxidation sites excluding steroid dienone is 3. The van der Waals surface area contributed by atoms with Gasteiger partial charge < -0.3 is 4.74 Å². The molecule has 1 aliphatic heterocycles. The van der Waals surface area contributed by atoms with Gasteiger partial charge in [-0.15, -0.1) is 0 Å². The van der Waals surface area contributed by atoms with Crippen molar-refractivity contribution in [2.75, 3.05) is 24.7 Å². The highest BCUT2D eigenvalue weighted by Crippen LogP contribution is 2.31. The largest absolute Gasteiger partial charge is 0.372 e. The van der Waals surface area contributed by atoms with Crippen molar-refractivity contribution in [3.05, 3.63) is 23.8 Å². The van der Waals surface area contributed by atoms with Crippen molar-refractivity contribution in [1.29, 1.82) is 0 Å². The molecule has 0 bridgehead atoms. The van der Waals surface area contributed by atoms with E-state index in [4.69, 9.17) is 4.74 Å². The zero-order valence-corrected chi connectivity index (χ0v) is 11.5. The van der Waals surface area contributed by atoms with Crippen LogP contribution in [0.25, 0.3) is 0 Å². The van der Waals surface area contributed by atoms with Crippen molar-refractivity contribution in [2.24, 2.45) is 5.41 Å². The topological polar surface area (TPSA) is 9.23 Å². The van der Waals surface area contributed by atoms with Crippen LogP contribution < -0.4 is 0 Å². The van der Waals surface area contributed by atoms with E-state index >= 15 is 0 Å². The molecule has 0 N–H and O–H groups in total. The van der Waals surface area contributed by atoms with Crippen LogP contribution in [0.2, 0.25) is 0 Å². The van der Waals surface area contributed by atoms with E-state index in [1.54, 1.807) is 0 Å². The first kappa shape index (κ1) is 12.3. The smallest absolute Gasteiger partial charge is 0.140 e. The Morgan fingerprint density at radius 3 is 2.44 bits per heavy atom. The lowest BCUT2D eigenvalue weighted by atomic mass is 9.84. The molecule has 90 valence electrons. The van der Waals surface area contributed by atoms with Gasteiger partial charge in [0, 0.05) is 6.42 Å². The molecule has 0 aromatic carbocycles. The van der Waals surface area contributed by atoms with Gasteiger partial charge in [-0.25, -0.2) is 0 Å². The third-order valence-electron chi connectivity index (χ3n) is 3.33. The Morgan fingerprint density at radius 1 is 1.25 bits per heavy atom. The predicted octanol–water partition coefficient (Wildman–Crippen LogP) is 2.94. The fraction of sp³-hybridized carbons (Fsp3) is 0.714. The minimum Gasteiger partial charge on any atom is -0.372 e. The molecule has 1 atom stereocenters. The molecule has 0 saturated carbocycles. The first-order valence-corrected chi connectivity index (χ1v) is 7.83. The van der Waals surface area contributed by atoms with Crippen LogP contribution in [0.1, 0.15) is 27.2 Å². The van der Waals surface area contributed by atoms with Crippen LogP contribution in [0, 0.1) is 5.41 Å². The average Bonchev–Trinajstić information content (AvgIpc) is 2.29. The number of rotatable bonds is 1. The minimum absolute atomic E-state index is 0.306. The van der Waals surface area contributed by atoms with E-state index in [-0.39, 0.29) is 0 Å². The maximum absolute atomic E-state index is 5.43. The number of hydrogen-bond donors (Lipinski definition) is 0. The predicted molar refractivity (Wildman–Crippen MR) is 73.0 cm³/mol. The number of hydrogen-bond acceptors (Lipinski definition) is 1. The van der Waals surface area contributed by atoms with Crippen molar-refractivity contribution >= 4 is 10.9 Å². The molecule has 1 saturated heterocycles. The van der Waals surface area contributed by atoms with Gasteiger partial charge in [0.1, 0.15) is 16.8 Å². The van der Waals surface area contributed by atoms with E-state index in [1.807, 2.05) is 0 Å². The summed E-state index contributed by atoms with van der Waals surface area (Å²) in [5, 5.41) is 0.787. The number of ether oxygens (including phenoxy) is 1. The molecule has 0 spiro atoms. The zero-order chi connectivity index (χ0) is 11.6. The van der Waals surface area contributed by atoms with Crippen LogP contribution in [0.4, 0.5) is 0 Å². The van der Waals surface area contributed by atoms with Crippen LogP contribution in [-0.2, 0) is 15.6 Å². The van der Waals surface area contributed by atoms with Crippen LogP contribution in [0.15, 0.2) is 23.8 Å². The third kappa shape index (κ3) is 2.92. The lowest BCUT2D eigenvalue weighted by molar-refractivity contribution is 0.159. The molecule has 0 amide bonds. The van der Waals surface area contributed by atoms with Crippen molar-refractivity contribution in [3.63, 3.8) is 0 Å². The van der Waals surface area contributed by atoms with Gasteiger partial charge in [0.25, 0.3) is 0 Å².